The molecular formula is C25H27N3O4. The van der Waals surface area contributed by atoms with Crippen molar-refractivity contribution >= 4 is 28.1 Å². The fourth-order valence-electron chi connectivity index (χ4n) is 4.31. The highest BCUT2D eigenvalue weighted by molar-refractivity contribution is 5.84. The highest BCUT2D eigenvalue weighted by Gasteiger charge is 2.29. The number of carbonyl (C=O) groups is 1. The molecule has 7 nitrogen and oxygen atoms in total. The lowest BCUT2D eigenvalue weighted by atomic mass is 9.98. The number of likely N-dealkylation sites (tertiary alicyclic amines) is 1. The molecule has 166 valence electrons. The van der Waals surface area contributed by atoms with Crippen LogP contribution in [0.2, 0.25) is 0 Å². The number of carbonyl (C=O) groups excluding carboxylic acids is 1. The molecule has 2 atom stereocenters. The second-order valence-electron chi connectivity index (χ2n) is 8.23. The van der Waals surface area contributed by atoms with Gasteiger partial charge in [0.25, 0.3) is 0 Å². The van der Waals surface area contributed by atoms with Gasteiger partial charge in [-0.1, -0.05) is 24.3 Å². The standard InChI is InChI=1S/C25H27N3O4/c1-3-30-21-12-6-8-17-14-22(31-23(17)21)16(2)26-25(29)28-13-7-9-18(15-28)24-27-19-10-4-5-11-20(19)32-24/h4-6,8,10-12,14,16,18H,3,7,9,13,15H2,1-2H3,(H,26,29). The van der Waals surface area contributed by atoms with Gasteiger partial charge in [0.1, 0.15) is 11.3 Å². The number of furan rings is 1. The van der Waals surface area contributed by atoms with Crippen molar-refractivity contribution in [2.45, 2.75) is 38.6 Å². The van der Waals surface area contributed by atoms with Gasteiger partial charge in [-0.3, -0.25) is 0 Å². The zero-order valence-electron chi connectivity index (χ0n) is 18.3. The Labute approximate surface area is 186 Å². The fourth-order valence-corrected chi connectivity index (χ4v) is 4.31. The summed E-state index contributed by atoms with van der Waals surface area (Å²) in [5.74, 6) is 2.22. The number of nitrogens with zero attached hydrogens (tertiary/aromatic N) is 2. The Morgan fingerprint density at radius 3 is 2.97 bits per heavy atom. The molecule has 1 aliphatic rings. The van der Waals surface area contributed by atoms with Gasteiger partial charge in [-0.25, -0.2) is 9.78 Å². The summed E-state index contributed by atoms with van der Waals surface area (Å²) in [7, 11) is 0. The lowest BCUT2D eigenvalue weighted by molar-refractivity contribution is 0.171. The number of rotatable bonds is 5. The van der Waals surface area contributed by atoms with Crippen LogP contribution in [0.5, 0.6) is 5.75 Å². The van der Waals surface area contributed by atoms with E-state index in [0.717, 1.165) is 29.3 Å². The lowest BCUT2D eigenvalue weighted by Gasteiger charge is -2.32. The summed E-state index contributed by atoms with van der Waals surface area (Å²) >= 11 is 0. The molecule has 1 aliphatic heterocycles. The van der Waals surface area contributed by atoms with Crippen LogP contribution in [0.3, 0.4) is 0 Å². The molecule has 2 unspecified atom stereocenters. The molecule has 1 fully saturated rings. The minimum absolute atomic E-state index is 0.0946. The number of fused-ring (bicyclic) bond motifs is 2. The van der Waals surface area contributed by atoms with E-state index in [1.165, 1.54) is 0 Å². The predicted molar refractivity (Wildman–Crippen MR) is 122 cm³/mol. The number of para-hydroxylation sites is 3. The first-order chi connectivity index (χ1) is 15.6. The van der Waals surface area contributed by atoms with Gasteiger partial charge < -0.3 is 23.8 Å². The summed E-state index contributed by atoms with van der Waals surface area (Å²) in [6, 6.07) is 15.2. The third-order valence-electron chi connectivity index (χ3n) is 5.96. The molecule has 0 radical (unpaired) electrons. The molecular weight excluding hydrogens is 406 g/mol. The number of aromatic nitrogens is 1. The normalized spacial score (nSPS) is 17.6. The van der Waals surface area contributed by atoms with Crippen LogP contribution in [0.25, 0.3) is 22.1 Å². The van der Waals surface area contributed by atoms with E-state index in [9.17, 15) is 4.79 Å². The van der Waals surface area contributed by atoms with Crippen LogP contribution >= 0.6 is 0 Å². The monoisotopic (exact) mass is 433 g/mol. The number of amides is 2. The summed E-state index contributed by atoms with van der Waals surface area (Å²) in [5.41, 5.74) is 2.35. The van der Waals surface area contributed by atoms with Crippen molar-refractivity contribution in [3.63, 3.8) is 0 Å². The Morgan fingerprint density at radius 1 is 1.25 bits per heavy atom. The molecule has 0 spiro atoms. The van der Waals surface area contributed by atoms with E-state index in [4.69, 9.17) is 13.6 Å². The number of piperidine rings is 1. The summed E-state index contributed by atoms with van der Waals surface area (Å²) in [5, 5.41) is 4.04. The van der Waals surface area contributed by atoms with Crippen LogP contribution in [-0.2, 0) is 0 Å². The van der Waals surface area contributed by atoms with Crippen molar-refractivity contribution in [2.75, 3.05) is 19.7 Å². The van der Waals surface area contributed by atoms with E-state index in [1.54, 1.807) is 0 Å². The summed E-state index contributed by atoms with van der Waals surface area (Å²) in [6.07, 6.45) is 1.86. The molecule has 2 aromatic heterocycles. The molecule has 1 N–H and O–H groups in total. The molecule has 7 heteroatoms. The van der Waals surface area contributed by atoms with E-state index in [2.05, 4.69) is 10.3 Å². The van der Waals surface area contributed by atoms with Crippen molar-refractivity contribution < 1.29 is 18.4 Å². The number of urea groups is 1. The molecule has 0 saturated carbocycles. The van der Waals surface area contributed by atoms with Crippen molar-refractivity contribution in [3.8, 4) is 5.75 Å². The average molecular weight is 434 g/mol. The summed E-state index contributed by atoms with van der Waals surface area (Å²) < 4.78 is 17.7. The molecule has 4 aromatic rings. The fraction of sp³-hybridized carbons (Fsp3) is 0.360. The van der Waals surface area contributed by atoms with E-state index >= 15 is 0 Å². The van der Waals surface area contributed by atoms with Gasteiger partial charge in [0, 0.05) is 18.5 Å². The van der Waals surface area contributed by atoms with Crippen LogP contribution in [0.1, 0.15) is 50.3 Å². The number of benzene rings is 2. The molecule has 0 aliphatic carbocycles. The SMILES string of the molecule is CCOc1cccc2cc(C(C)NC(=O)N3CCCC(c4nc5ccccc5o4)C3)oc12. The Hall–Kier alpha value is -3.48. The predicted octanol–water partition coefficient (Wildman–Crippen LogP) is 5.62. The first kappa shape index (κ1) is 20.4. The first-order valence-corrected chi connectivity index (χ1v) is 11.2. The topological polar surface area (TPSA) is 80.7 Å². The maximum Gasteiger partial charge on any atom is 0.318 e. The summed E-state index contributed by atoms with van der Waals surface area (Å²) in [4.78, 5) is 19.5. The molecule has 0 bridgehead atoms. The van der Waals surface area contributed by atoms with E-state index in [1.807, 2.05) is 67.3 Å². The third kappa shape index (κ3) is 3.90. The maximum atomic E-state index is 13.0. The minimum atomic E-state index is -0.269. The minimum Gasteiger partial charge on any atom is -0.490 e. The van der Waals surface area contributed by atoms with Crippen LogP contribution in [0.4, 0.5) is 4.79 Å². The molecule has 32 heavy (non-hydrogen) atoms. The van der Waals surface area contributed by atoms with Crippen LogP contribution in [-0.4, -0.2) is 35.6 Å². The Bertz CT molecular complexity index is 1210. The zero-order valence-corrected chi connectivity index (χ0v) is 18.3. The quantitative estimate of drug-likeness (QED) is 0.442. The van der Waals surface area contributed by atoms with E-state index in [-0.39, 0.29) is 18.0 Å². The van der Waals surface area contributed by atoms with Crippen LogP contribution in [0, 0.1) is 0 Å². The number of nitrogens with one attached hydrogen (secondary N) is 1. The zero-order chi connectivity index (χ0) is 22.1. The molecule has 3 heterocycles. The molecule has 5 rings (SSSR count). The molecule has 2 amide bonds. The number of ether oxygens (including phenoxy) is 1. The van der Waals surface area contributed by atoms with Crippen molar-refractivity contribution in [3.05, 3.63) is 60.2 Å². The van der Waals surface area contributed by atoms with Crippen LogP contribution < -0.4 is 10.1 Å². The van der Waals surface area contributed by atoms with Gasteiger partial charge in [-0.15, -0.1) is 0 Å². The molecule has 1 saturated heterocycles. The first-order valence-electron chi connectivity index (χ1n) is 11.2. The average Bonchev–Trinajstić information content (AvgIpc) is 3.44. The number of oxazole rings is 1. The van der Waals surface area contributed by atoms with E-state index in [0.29, 0.717) is 42.7 Å². The second-order valence-corrected chi connectivity index (χ2v) is 8.23. The number of hydrogen-bond donors (Lipinski definition) is 1. The Morgan fingerprint density at radius 2 is 2.12 bits per heavy atom. The molecule has 2 aromatic carbocycles. The third-order valence-corrected chi connectivity index (χ3v) is 5.96. The Kier molecular flexibility index (Phi) is 5.47. The lowest BCUT2D eigenvalue weighted by Crippen LogP contribution is -2.45. The van der Waals surface area contributed by atoms with Crippen molar-refractivity contribution in [1.29, 1.82) is 0 Å². The van der Waals surface area contributed by atoms with Gasteiger partial charge in [0.2, 0.25) is 0 Å². The van der Waals surface area contributed by atoms with Crippen LogP contribution in [0.15, 0.2) is 57.4 Å². The van der Waals surface area contributed by atoms with Crippen molar-refractivity contribution in [1.82, 2.24) is 15.2 Å². The van der Waals surface area contributed by atoms with Crippen molar-refractivity contribution in [2.24, 2.45) is 0 Å². The maximum absolute atomic E-state index is 13.0. The highest BCUT2D eigenvalue weighted by atomic mass is 16.5. The number of hydrogen-bond acceptors (Lipinski definition) is 5. The Balaban J connectivity index is 1.28. The second kappa shape index (κ2) is 8.57. The highest BCUT2D eigenvalue weighted by Crippen LogP contribution is 2.32. The van der Waals surface area contributed by atoms with Gasteiger partial charge >= 0.3 is 6.03 Å². The van der Waals surface area contributed by atoms with Gasteiger partial charge in [-0.05, 0) is 51.0 Å². The summed E-state index contributed by atoms with van der Waals surface area (Å²) in [6.45, 7) is 5.73. The van der Waals surface area contributed by atoms with Gasteiger partial charge in [-0.2, -0.15) is 0 Å². The van der Waals surface area contributed by atoms with Gasteiger partial charge in [0.15, 0.2) is 22.8 Å². The van der Waals surface area contributed by atoms with Gasteiger partial charge in [0.05, 0.1) is 18.6 Å². The van der Waals surface area contributed by atoms with E-state index < -0.39 is 0 Å². The smallest absolute Gasteiger partial charge is 0.318 e. The largest absolute Gasteiger partial charge is 0.490 e.